The summed E-state index contributed by atoms with van der Waals surface area (Å²) in [7, 11) is 0. The van der Waals surface area contributed by atoms with E-state index in [9.17, 15) is 9.59 Å². The monoisotopic (exact) mass is 391 g/mol. The quantitative estimate of drug-likeness (QED) is 0.715. The fourth-order valence-corrected chi connectivity index (χ4v) is 3.80. The summed E-state index contributed by atoms with van der Waals surface area (Å²) in [6, 6.07) is 14.4. The molecule has 29 heavy (non-hydrogen) atoms. The molecule has 2 N–H and O–H groups in total. The molecule has 0 bridgehead atoms. The molecule has 0 unspecified atom stereocenters. The average molecular weight is 391 g/mol. The van der Waals surface area contributed by atoms with Crippen LogP contribution >= 0.6 is 0 Å². The summed E-state index contributed by atoms with van der Waals surface area (Å²) in [5, 5.41) is 0.393. The van der Waals surface area contributed by atoms with Crippen LogP contribution in [0.4, 0.5) is 0 Å². The number of hydrogen-bond acceptors (Lipinski definition) is 5. The van der Waals surface area contributed by atoms with Crippen LogP contribution in [0.15, 0.2) is 53.3 Å². The molecule has 7 heteroatoms. The first-order chi connectivity index (χ1) is 14.1. The third-order valence-electron chi connectivity index (χ3n) is 5.51. The van der Waals surface area contributed by atoms with Crippen LogP contribution in [-0.4, -0.2) is 58.0 Å². The second-order valence-electron chi connectivity index (χ2n) is 7.31. The summed E-state index contributed by atoms with van der Waals surface area (Å²) in [5.41, 5.74) is 6.86. The van der Waals surface area contributed by atoms with Crippen molar-refractivity contribution in [1.29, 1.82) is 0 Å². The smallest absolute Gasteiger partial charge is 0.266 e. The van der Waals surface area contributed by atoms with Crippen LogP contribution in [-0.2, 0) is 6.54 Å². The predicted octanol–water partition coefficient (Wildman–Crippen LogP) is 1.62. The fourth-order valence-electron chi connectivity index (χ4n) is 3.80. The average Bonchev–Trinajstić information content (AvgIpc) is 2.75. The van der Waals surface area contributed by atoms with Gasteiger partial charge in [-0.15, -0.1) is 0 Å². The molecule has 1 amide bonds. The van der Waals surface area contributed by atoms with E-state index in [0.29, 0.717) is 28.8 Å². The van der Waals surface area contributed by atoms with Gasteiger partial charge in [0.15, 0.2) is 0 Å². The number of nitrogens with two attached hydrogens (primary N) is 1. The SMILES string of the molecule is CCN1CCN(Cc2nc3ccc(C(N)=O)cc3c(=O)n2-c2ccccc2)CC1. The van der Waals surface area contributed by atoms with E-state index >= 15 is 0 Å². The van der Waals surface area contributed by atoms with E-state index in [4.69, 9.17) is 10.7 Å². The maximum Gasteiger partial charge on any atom is 0.266 e. The molecule has 2 aromatic carbocycles. The predicted molar refractivity (Wildman–Crippen MR) is 113 cm³/mol. The Bertz CT molecular complexity index is 1090. The Balaban J connectivity index is 1.81. The van der Waals surface area contributed by atoms with Gasteiger partial charge >= 0.3 is 0 Å². The lowest BCUT2D eigenvalue weighted by molar-refractivity contribution is 0.100. The minimum atomic E-state index is -0.560. The Morgan fingerprint density at radius 2 is 1.72 bits per heavy atom. The number of para-hydroxylation sites is 1. The summed E-state index contributed by atoms with van der Waals surface area (Å²) in [6.45, 7) is 7.74. The summed E-state index contributed by atoms with van der Waals surface area (Å²) in [5.74, 6) is 0.140. The first-order valence-corrected chi connectivity index (χ1v) is 9.92. The highest BCUT2D eigenvalue weighted by Crippen LogP contribution is 2.17. The van der Waals surface area contributed by atoms with E-state index in [2.05, 4.69) is 16.7 Å². The highest BCUT2D eigenvalue weighted by Gasteiger charge is 2.20. The first-order valence-electron chi connectivity index (χ1n) is 9.92. The van der Waals surface area contributed by atoms with Crippen LogP contribution < -0.4 is 11.3 Å². The highest BCUT2D eigenvalue weighted by atomic mass is 16.1. The molecule has 0 saturated carbocycles. The zero-order valence-electron chi connectivity index (χ0n) is 16.5. The van der Waals surface area contributed by atoms with Crippen LogP contribution in [0.1, 0.15) is 23.1 Å². The van der Waals surface area contributed by atoms with Gasteiger partial charge in [-0.2, -0.15) is 0 Å². The summed E-state index contributed by atoms with van der Waals surface area (Å²) >= 11 is 0. The van der Waals surface area contributed by atoms with Gasteiger partial charge in [-0.3, -0.25) is 19.1 Å². The molecule has 1 fully saturated rings. The van der Waals surface area contributed by atoms with E-state index in [0.717, 1.165) is 38.4 Å². The van der Waals surface area contributed by atoms with Crippen molar-refractivity contribution in [2.75, 3.05) is 32.7 Å². The number of hydrogen-bond donors (Lipinski definition) is 1. The second-order valence-corrected chi connectivity index (χ2v) is 7.31. The van der Waals surface area contributed by atoms with Crippen molar-refractivity contribution < 1.29 is 4.79 Å². The van der Waals surface area contributed by atoms with Gasteiger partial charge in [-0.1, -0.05) is 25.1 Å². The van der Waals surface area contributed by atoms with Crippen molar-refractivity contribution in [1.82, 2.24) is 19.4 Å². The largest absolute Gasteiger partial charge is 0.366 e. The molecule has 1 saturated heterocycles. The highest BCUT2D eigenvalue weighted by molar-refractivity contribution is 5.96. The van der Waals surface area contributed by atoms with Crippen LogP contribution in [0.5, 0.6) is 0 Å². The molecule has 0 aliphatic carbocycles. The van der Waals surface area contributed by atoms with Crippen LogP contribution in [0, 0.1) is 0 Å². The van der Waals surface area contributed by atoms with Crippen molar-refractivity contribution in [3.63, 3.8) is 0 Å². The molecule has 1 aromatic heterocycles. The van der Waals surface area contributed by atoms with E-state index in [1.165, 1.54) is 6.07 Å². The maximum atomic E-state index is 13.4. The zero-order valence-corrected chi connectivity index (χ0v) is 16.5. The molecule has 2 heterocycles. The fraction of sp³-hybridized carbons (Fsp3) is 0.318. The van der Waals surface area contributed by atoms with Crippen molar-refractivity contribution in [2.24, 2.45) is 5.73 Å². The number of primary amides is 1. The molecule has 7 nitrogen and oxygen atoms in total. The molecule has 0 radical (unpaired) electrons. The molecular weight excluding hydrogens is 366 g/mol. The number of likely N-dealkylation sites (N-methyl/N-ethyl adjacent to an activating group) is 1. The van der Waals surface area contributed by atoms with Gasteiger partial charge in [0.1, 0.15) is 5.82 Å². The third kappa shape index (κ3) is 3.92. The van der Waals surface area contributed by atoms with Gasteiger partial charge < -0.3 is 10.6 Å². The molecule has 0 atom stereocenters. The molecule has 150 valence electrons. The molecular formula is C22H25N5O2. The Morgan fingerprint density at radius 3 is 2.38 bits per heavy atom. The topological polar surface area (TPSA) is 84.5 Å². The normalized spacial score (nSPS) is 15.6. The van der Waals surface area contributed by atoms with Gasteiger partial charge in [-0.25, -0.2) is 4.98 Å². The van der Waals surface area contributed by atoms with E-state index < -0.39 is 5.91 Å². The van der Waals surface area contributed by atoms with Crippen LogP contribution in [0.25, 0.3) is 16.6 Å². The van der Waals surface area contributed by atoms with E-state index in [1.807, 2.05) is 30.3 Å². The Labute approximate surface area is 169 Å². The lowest BCUT2D eigenvalue weighted by atomic mass is 10.1. The minimum Gasteiger partial charge on any atom is -0.366 e. The number of nitrogens with zero attached hydrogens (tertiary/aromatic N) is 4. The minimum absolute atomic E-state index is 0.188. The summed E-state index contributed by atoms with van der Waals surface area (Å²) in [6.07, 6.45) is 0. The second kappa shape index (κ2) is 8.14. The zero-order chi connectivity index (χ0) is 20.4. The number of benzene rings is 2. The van der Waals surface area contributed by atoms with Gasteiger partial charge in [0.05, 0.1) is 23.1 Å². The van der Waals surface area contributed by atoms with E-state index in [-0.39, 0.29) is 5.56 Å². The summed E-state index contributed by atoms with van der Waals surface area (Å²) in [4.78, 5) is 34.5. The molecule has 1 aliphatic rings. The molecule has 3 aromatic rings. The Hall–Kier alpha value is -3.03. The molecule has 0 spiro atoms. The Kier molecular flexibility index (Phi) is 5.42. The molecule has 1 aliphatic heterocycles. The number of amides is 1. The van der Waals surface area contributed by atoms with Crippen molar-refractivity contribution >= 4 is 16.8 Å². The number of carbonyl (C=O) groups excluding carboxylic acids is 1. The van der Waals surface area contributed by atoms with Crippen molar-refractivity contribution in [3.05, 3.63) is 70.3 Å². The maximum absolute atomic E-state index is 13.4. The lowest BCUT2D eigenvalue weighted by Gasteiger charge is -2.34. The number of carbonyl (C=O) groups is 1. The summed E-state index contributed by atoms with van der Waals surface area (Å²) < 4.78 is 1.65. The van der Waals surface area contributed by atoms with Crippen molar-refractivity contribution in [2.45, 2.75) is 13.5 Å². The van der Waals surface area contributed by atoms with Crippen LogP contribution in [0.3, 0.4) is 0 Å². The van der Waals surface area contributed by atoms with E-state index in [1.54, 1.807) is 16.7 Å². The Morgan fingerprint density at radius 1 is 1.03 bits per heavy atom. The number of fused-ring (bicyclic) bond motifs is 1. The van der Waals surface area contributed by atoms with Crippen LogP contribution in [0.2, 0.25) is 0 Å². The standard InChI is InChI=1S/C22H25N5O2/c1-2-25-10-12-26(13-11-25)15-20-24-19-9-8-16(21(23)28)14-18(19)22(29)27(20)17-6-4-3-5-7-17/h3-9,14H,2,10-13,15H2,1H3,(H2,23,28). The third-order valence-corrected chi connectivity index (χ3v) is 5.51. The van der Waals surface area contributed by atoms with Crippen molar-refractivity contribution in [3.8, 4) is 5.69 Å². The van der Waals surface area contributed by atoms with Gasteiger partial charge in [0.2, 0.25) is 5.91 Å². The van der Waals surface area contributed by atoms with Gasteiger partial charge in [0, 0.05) is 31.7 Å². The lowest BCUT2D eigenvalue weighted by Crippen LogP contribution is -2.46. The first kappa shape index (κ1) is 19.3. The number of piperazine rings is 1. The number of rotatable bonds is 5. The van der Waals surface area contributed by atoms with Gasteiger partial charge in [0.25, 0.3) is 5.56 Å². The van der Waals surface area contributed by atoms with Gasteiger partial charge in [-0.05, 0) is 36.9 Å². The molecule has 4 rings (SSSR count). The number of aromatic nitrogens is 2.